The molecule has 0 fully saturated rings. The van der Waals surface area contributed by atoms with E-state index in [1.807, 2.05) is 0 Å². The van der Waals surface area contributed by atoms with Gasteiger partial charge in [-0.2, -0.15) is 8.42 Å². The summed E-state index contributed by atoms with van der Waals surface area (Å²) in [6, 6.07) is 0. The Morgan fingerprint density at radius 2 is 1.31 bits per heavy atom. The molecular formula is C20H37NaO7S. The molecule has 0 radical (unpaired) electrons. The van der Waals surface area contributed by atoms with Gasteiger partial charge in [0.2, 0.25) is 0 Å². The molecule has 0 aliphatic carbocycles. The number of carboxylic acids is 1. The van der Waals surface area contributed by atoms with Crippen molar-refractivity contribution in [3.8, 4) is 0 Å². The first-order valence-electron chi connectivity index (χ1n) is 10.6. The number of rotatable bonds is 18. The summed E-state index contributed by atoms with van der Waals surface area (Å²) in [5, 5.41) is 11.1. The Bertz CT molecular complexity index is 551. The van der Waals surface area contributed by atoms with Crippen LogP contribution in [0.4, 0.5) is 0 Å². The maximum absolute atomic E-state index is 12.5. The summed E-state index contributed by atoms with van der Waals surface area (Å²) in [5.41, 5.74) is 0. The van der Waals surface area contributed by atoms with Crippen LogP contribution in [0.3, 0.4) is 0 Å². The Labute approximate surface area is 198 Å². The van der Waals surface area contributed by atoms with E-state index in [4.69, 9.17) is 4.74 Å². The molecule has 0 aromatic rings. The summed E-state index contributed by atoms with van der Waals surface area (Å²) in [4.78, 5) is 23.6. The Kier molecular flexibility index (Phi) is 18.8. The van der Waals surface area contributed by atoms with Crippen molar-refractivity contribution in [2.24, 2.45) is 0 Å². The molecule has 7 nitrogen and oxygen atoms in total. The summed E-state index contributed by atoms with van der Waals surface area (Å²) in [5.74, 6) is -2.90. The second-order valence-corrected chi connectivity index (χ2v) is 9.17. The zero-order chi connectivity index (χ0) is 21.5. The number of esters is 1. The summed E-state index contributed by atoms with van der Waals surface area (Å²) in [6.45, 7) is 4.19. The third-order valence-electron chi connectivity index (χ3n) is 4.96. The molecular weight excluding hydrogens is 407 g/mol. The summed E-state index contributed by atoms with van der Waals surface area (Å²) in [7, 11) is -4.97. The molecule has 166 valence electrons. The minimum Gasteiger partial charge on any atom is -0.550 e. The molecule has 1 atom stereocenters. The first kappa shape index (κ1) is 31.0. The van der Waals surface area contributed by atoms with Crippen LogP contribution < -0.4 is 34.7 Å². The predicted molar refractivity (Wildman–Crippen MR) is 106 cm³/mol. The summed E-state index contributed by atoms with van der Waals surface area (Å²) >= 11 is 0. The molecule has 0 spiro atoms. The Morgan fingerprint density at radius 1 is 0.862 bits per heavy atom. The molecule has 0 saturated heterocycles. The standard InChI is InChI=1S/C20H38O7S.Na/c1-3-5-7-9-11-13-15-20(17-18(21)22,28(24,25)26)19(23)27-16-14-12-10-8-6-4-2;/h3-17H2,1-2H3,(H,21,22)(H,24,25,26);/q;+1/p-1. The number of aliphatic carboxylic acids is 1. The molecule has 0 saturated carbocycles. The monoisotopic (exact) mass is 444 g/mol. The summed E-state index contributed by atoms with van der Waals surface area (Å²) < 4.78 is 36.2. The van der Waals surface area contributed by atoms with Crippen LogP contribution in [0, 0.1) is 0 Å². The number of hydrogen-bond donors (Lipinski definition) is 1. The van der Waals surface area contributed by atoms with Crippen molar-refractivity contribution in [2.75, 3.05) is 6.61 Å². The van der Waals surface area contributed by atoms with Crippen LogP contribution in [0.25, 0.3) is 0 Å². The van der Waals surface area contributed by atoms with E-state index >= 15 is 0 Å². The van der Waals surface area contributed by atoms with Crippen molar-refractivity contribution in [3.05, 3.63) is 0 Å². The van der Waals surface area contributed by atoms with E-state index in [1.165, 1.54) is 0 Å². The van der Waals surface area contributed by atoms with E-state index in [0.29, 0.717) is 19.3 Å². The number of carbonyl (C=O) groups is 2. The SMILES string of the molecule is CCCCCCCCOC(=O)C(CCCCCCCC)(CC(=O)[O-])S(=O)(=O)O.[Na+]. The van der Waals surface area contributed by atoms with E-state index in [-0.39, 0.29) is 42.6 Å². The molecule has 1 unspecified atom stereocenters. The molecule has 0 aromatic carbocycles. The van der Waals surface area contributed by atoms with Gasteiger partial charge in [-0.3, -0.25) is 9.35 Å². The van der Waals surface area contributed by atoms with Gasteiger partial charge in [-0.25, -0.2) is 0 Å². The number of carboxylic acid groups (broad SMARTS) is 1. The molecule has 0 amide bonds. The molecule has 9 heteroatoms. The molecule has 0 bridgehead atoms. The average Bonchev–Trinajstić information content (AvgIpc) is 2.61. The van der Waals surface area contributed by atoms with Gasteiger partial charge < -0.3 is 14.6 Å². The van der Waals surface area contributed by atoms with E-state index < -0.39 is 33.2 Å². The van der Waals surface area contributed by atoms with E-state index in [2.05, 4.69) is 13.8 Å². The van der Waals surface area contributed by atoms with Crippen LogP contribution in [0.5, 0.6) is 0 Å². The number of ether oxygens (including phenoxy) is 1. The summed E-state index contributed by atoms with van der Waals surface area (Å²) in [6.07, 6.45) is 9.26. The topological polar surface area (TPSA) is 121 Å². The van der Waals surface area contributed by atoms with Crippen LogP contribution in [0.1, 0.15) is 104 Å². The smallest absolute Gasteiger partial charge is 0.550 e. The van der Waals surface area contributed by atoms with Gasteiger partial charge in [0.15, 0.2) is 4.75 Å². The van der Waals surface area contributed by atoms with Gasteiger partial charge in [-0.15, -0.1) is 0 Å². The molecule has 29 heavy (non-hydrogen) atoms. The van der Waals surface area contributed by atoms with E-state index in [1.54, 1.807) is 0 Å². The Hall–Kier alpha value is -0.150. The third-order valence-corrected chi connectivity index (χ3v) is 6.46. The van der Waals surface area contributed by atoms with Crippen molar-refractivity contribution >= 4 is 22.1 Å². The minimum atomic E-state index is -4.97. The van der Waals surface area contributed by atoms with Gasteiger partial charge in [0, 0.05) is 12.4 Å². The fourth-order valence-corrected chi connectivity index (χ4v) is 4.16. The normalized spacial score (nSPS) is 13.3. The first-order chi connectivity index (χ1) is 13.2. The minimum absolute atomic E-state index is 0. The van der Waals surface area contributed by atoms with E-state index in [0.717, 1.165) is 57.8 Å². The van der Waals surface area contributed by atoms with Crippen molar-refractivity contribution in [3.63, 3.8) is 0 Å². The second kappa shape index (κ2) is 17.5. The van der Waals surface area contributed by atoms with Crippen LogP contribution in [0.2, 0.25) is 0 Å². The van der Waals surface area contributed by atoms with Gasteiger partial charge in [0.1, 0.15) is 0 Å². The quantitative estimate of drug-likeness (QED) is 0.141. The van der Waals surface area contributed by atoms with Gasteiger partial charge in [0.25, 0.3) is 10.1 Å². The van der Waals surface area contributed by atoms with Crippen LogP contribution in [-0.2, 0) is 24.4 Å². The molecule has 0 aliphatic rings. The molecule has 0 heterocycles. The predicted octanol–water partition coefficient (Wildman–Crippen LogP) is 0.411. The average molecular weight is 445 g/mol. The molecule has 0 aromatic heterocycles. The van der Waals surface area contributed by atoms with Gasteiger partial charge in [-0.05, 0) is 12.8 Å². The van der Waals surface area contributed by atoms with Crippen LogP contribution in [0.15, 0.2) is 0 Å². The third kappa shape index (κ3) is 13.0. The maximum atomic E-state index is 12.5. The zero-order valence-corrected chi connectivity index (χ0v) is 21.2. The molecule has 0 rings (SSSR count). The Morgan fingerprint density at radius 3 is 1.76 bits per heavy atom. The van der Waals surface area contributed by atoms with Crippen molar-refractivity contribution < 1.29 is 62.0 Å². The Balaban J connectivity index is 0. The molecule has 0 aliphatic heterocycles. The van der Waals surface area contributed by atoms with Crippen molar-refractivity contribution in [1.29, 1.82) is 0 Å². The van der Waals surface area contributed by atoms with Gasteiger partial charge >= 0.3 is 35.5 Å². The fraction of sp³-hybridized carbons (Fsp3) is 0.900. The number of carbonyl (C=O) groups excluding carboxylic acids is 2. The fourth-order valence-electron chi connectivity index (χ4n) is 3.19. The number of hydrogen-bond acceptors (Lipinski definition) is 6. The van der Waals surface area contributed by atoms with E-state index in [9.17, 15) is 27.7 Å². The second-order valence-electron chi connectivity index (χ2n) is 7.44. The van der Waals surface area contributed by atoms with Gasteiger partial charge in [-0.1, -0.05) is 84.5 Å². The largest absolute Gasteiger partial charge is 1.00 e. The zero-order valence-electron chi connectivity index (χ0n) is 18.4. The first-order valence-corrected chi connectivity index (χ1v) is 12.0. The number of unbranched alkanes of at least 4 members (excludes halogenated alkanes) is 10. The maximum Gasteiger partial charge on any atom is 1.00 e. The van der Waals surface area contributed by atoms with Crippen LogP contribution >= 0.6 is 0 Å². The van der Waals surface area contributed by atoms with Crippen molar-refractivity contribution in [1.82, 2.24) is 0 Å². The van der Waals surface area contributed by atoms with Gasteiger partial charge in [0.05, 0.1) is 6.61 Å². The molecule has 1 N–H and O–H groups in total. The van der Waals surface area contributed by atoms with Crippen molar-refractivity contribution in [2.45, 2.75) is 108 Å². The van der Waals surface area contributed by atoms with Crippen LogP contribution in [-0.4, -0.2) is 36.3 Å².